The molecule has 29 N–H and O–H groups in total. The van der Waals surface area contributed by atoms with Crippen molar-refractivity contribution in [2.75, 3.05) is 31.6 Å². The maximum atomic E-state index is 15.3. The Morgan fingerprint density at radius 1 is 0.456 bits per heavy atom. The molecule has 0 aliphatic rings. The van der Waals surface area contributed by atoms with Crippen LogP contribution in [0.2, 0.25) is 0 Å². The number of H-pyrrole nitrogens is 2. The standard InChI is InChI=1S/C83H115N21O20S/c1-43(2)34-61(77(119)99-62(35-47-20-24-51(107)25-21-47)73(115)92-42-68(110)95-57(71(86)113)19-13-32-89-83(87)88)98-80(122)64(37-49-40-90-55-16-9-7-14-53(49)55)101-78(120)63(36-48-22-26-52(108)27-23-48)100-81(123)66(39-69(111)112)102-75(117)59(28-29-67(85)109)97-79(121)65(38-50-41-91-56-17-10-8-15-54(50)56)103-82(124)70(45(4)105)104-76(118)60(30-33-125-6)96-72(114)44(3)93-74(116)58(94-46(5)106)18-11-12-31-84/h7-10,14-17,20-27,40-41,43-45,57-66,70,90-91,105,107-108H,11-13,18-19,28-39,42,84H2,1-6H3,(H2,85,109)(H2,86,113)(H,92,115)(H,93,116)(H,94,106)(H,95,110)(H,96,114)(H,97,121)(H,98,122)(H,99,119)(H,100,123)(H,101,120)(H,102,117)(H,103,124)(H,104,118)(H,111,112)(H4,87,88,89)/t44-,45+,57-,58-,59-,60-,61-,62-,63-,64-,65-,66-,70-/m0/s1. The summed E-state index contributed by atoms with van der Waals surface area (Å²) in [5, 5.41) is 86.0. The van der Waals surface area contributed by atoms with Gasteiger partial charge in [-0.1, -0.05) is 74.5 Å². The predicted octanol–water partition coefficient (Wildman–Crippen LogP) is -2.90. The van der Waals surface area contributed by atoms with Crippen LogP contribution in [0.5, 0.6) is 11.5 Å². The van der Waals surface area contributed by atoms with Gasteiger partial charge in [-0.2, -0.15) is 11.8 Å². The molecule has 0 radical (unpaired) electrons. The topological polar surface area (TPSA) is 682 Å². The zero-order chi connectivity index (χ0) is 92.1. The SMILES string of the molecule is CSCC[C@H](NC(=O)[C@H](C)NC(=O)[C@H](CCCCN)NC(C)=O)C(=O)N[C@H](C(=O)N[C@@H](Cc1c[nH]c2ccccc12)C(=O)N[C@@H](CCC(N)=O)C(=O)N[C@@H](CC(=O)O)C(=O)N[C@@H](Cc1ccc(O)cc1)C(=O)N[C@@H](Cc1c[nH]c2ccccc12)C(=O)N[C@@H](CC(C)C)C(=O)N[C@@H](Cc1ccc(O)cc1)C(=O)NCC(=O)N[C@@H](CCCNC(=N)N)C(N)=O)[C@@H](C)O. The molecule has 0 saturated heterocycles. The molecule has 4 aromatic carbocycles. The van der Waals surface area contributed by atoms with Gasteiger partial charge in [0.05, 0.1) is 19.1 Å². The van der Waals surface area contributed by atoms with Gasteiger partial charge in [-0.05, 0) is 148 Å². The number of phenolic OH excluding ortho intramolecular Hbond substituents is 2. The smallest absolute Gasteiger partial charge is 0.305 e. The number of benzene rings is 4. The van der Waals surface area contributed by atoms with Crippen molar-refractivity contribution in [1.29, 1.82) is 5.41 Å². The summed E-state index contributed by atoms with van der Waals surface area (Å²) >= 11 is 1.30. The number of aromatic nitrogens is 2. The first-order valence-corrected chi connectivity index (χ1v) is 42.0. The zero-order valence-corrected chi connectivity index (χ0v) is 71.1. The van der Waals surface area contributed by atoms with Crippen LogP contribution in [-0.2, 0) is 102 Å². The van der Waals surface area contributed by atoms with E-state index in [0.717, 1.165) is 6.92 Å². The minimum Gasteiger partial charge on any atom is -0.508 e. The van der Waals surface area contributed by atoms with Gasteiger partial charge in [-0.3, -0.25) is 82.1 Å². The van der Waals surface area contributed by atoms with Crippen LogP contribution in [0.15, 0.2) is 109 Å². The van der Waals surface area contributed by atoms with Gasteiger partial charge in [-0.15, -0.1) is 0 Å². The van der Waals surface area contributed by atoms with Crippen LogP contribution in [0.3, 0.4) is 0 Å². The summed E-state index contributed by atoms with van der Waals surface area (Å²) in [5.41, 5.74) is 24.8. The molecule has 2 aromatic heterocycles. The van der Waals surface area contributed by atoms with Gasteiger partial charge in [0.1, 0.15) is 84.0 Å². The van der Waals surface area contributed by atoms with Crippen molar-refractivity contribution in [3.63, 3.8) is 0 Å². The van der Waals surface area contributed by atoms with Gasteiger partial charge in [0.15, 0.2) is 5.96 Å². The molecule has 0 aliphatic heterocycles. The number of phenols is 2. The number of aliphatic hydroxyl groups excluding tert-OH is 1. The molecule has 0 spiro atoms. The van der Waals surface area contributed by atoms with E-state index in [1.54, 1.807) is 74.8 Å². The number of unbranched alkanes of at least 4 members (excludes halogenated alkanes) is 1. The molecule has 15 amide bonds. The Kier molecular flexibility index (Phi) is 40.4. The molecular weight excluding hydrogens is 1640 g/mol. The van der Waals surface area contributed by atoms with Crippen LogP contribution < -0.4 is 97.4 Å². The molecule has 41 nitrogen and oxygen atoms in total. The molecular formula is C83H115N21O20S. The molecule has 6 rings (SSSR count). The van der Waals surface area contributed by atoms with Crippen molar-refractivity contribution in [1.82, 2.24) is 84.4 Å². The van der Waals surface area contributed by atoms with Gasteiger partial charge in [-0.25, -0.2) is 0 Å². The van der Waals surface area contributed by atoms with Gasteiger partial charge in [0.25, 0.3) is 0 Å². The maximum Gasteiger partial charge on any atom is 0.305 e. The Morgan fingerprint density at radius 3 is 1.38 bits per heavy atom. The molecule has 6 aromatic rings. The zero-order valence-electron chi connectivity index (χ0n) is 70.2. The highest BCUT2D eigenvalue weighted by atomic mass is 32.2. The number of aromatic amines is 2. The Labute approximate surface area is 724 Å². The van der Waals surface area contributed by atoms with Crippen LogP contribution in [0.1, 0.15) is 121 Å². The first-order valence-electron chi connectivity index (χ1n) is 40.6. The van der Waals surface area contributed by atoms with E-state index in [1.807, 2.05) is 0 Å². The molecule has 0 aliphatic carbocycles. The number of hydrogen-bond acceptors (Lipinski definition) is 22. The van der Waals surface area contributed by atoms with Crippen LogP contribution in [0.4, 0.5) is 0 Å². The second-order valence-electron chi connectivity index (χ2n) is 30.6. The Balaban J connectivity index is 1.29. The molecule has 0 saturated carbocycles. The Hall–Kier alpha value is -13.4. The quantitative estimate of drug-likeness (QED) is 0.0103. The summed E-state index contributed by atoms with van der Waals surface area (Å²) < 4.78 is 0. The van der Waals surface area contributed by atoms with Crippen molar-refractivity contribution in [2.45, 2.75) is 203 Å². The van der Waals surface area contributed by atoms with Crippen molar-refractivity contribution >= 4 is 134 Å². The first kappa shape index (κ1) is 100. The summed E-state index contributed by atoms with van der Waals surface area (Å²) in [4.78, 5) is 230. The fraction of sp³-hybridized carbons (Fsp3) is 0.458. The number of rotatable bonds is 53. The van der Waals surface area contributed by atoms with E-state index in [0.29, 0.717) is 57.9 Å². The van der Waals surface area contributed by atoms with Crippen LogP contribution in [0, 0.1) is 11.3 Å². The number of aromatic hydroxyl groups is 2. The van der Waals surface area contributed by atoms with Crippen LogP contribution >= 0.6 is 11.8 Å². The average Bonchev–Trinajstić information content (AvgIpc) is 1.75. The highest BCUT2D eigenvalue weighted by molar-refractivity contribution is 7.98. The summed E-state index contributed by atoms with van der Waals surface area (Å²) in [7, 11) is 0. The van der Waals surface area contributed by atoms with E-state index in [4.69, 9.17) is 28.3 Å². The number of nitrogens with two attached hydrogens (primary N) is 4. The number of carbonyl (C=O) groups is 16. The van der Waals surface area contributed by atoms with Gasteiger partial charge in [0.2, 0.25) is 88.6 Å². The van der Waals surface area contributed by atoms with E-state index >= 15 is 14.4 Å². The number of thioether (sulfide) groups is 1. The normalized spacial score (nSPS) is 14.3. The van der Waals surface area contributed by atoms with E-state index in [9.17, 15) is 82.8 Å². The molecule has 13 atom stereocenters. The van der Waals surface area contributed by atoms with Gasteiger partial charge < -0.3 is 128 Å². The van der Waals surface area contributed by atoms with Gasteiger partial charge in [0, 0.05) is 79.8 Å². The highest BCUT2D eigenvalue weighted by Gasteiger charge is 2.39. The molecule has 0 fully saturated rings. The van der Waals surface area contributed by atoms with E-state index in [-0.39, 0.29) is 86.2 Å². The molecule has 125 heavy (non-hydrogen) atoms. The third kappa shape index (κ3) is 33.8. The van der Waals surface area contributed by atoms with Crippen molar-refractivity contribution in [3.8, 4) is 11.5 Å². The first-order chi connectivity index (χ1) is 59.3. The Bertz CT molecular complexity index is 4760. The number of fused-ring (bicyclic) bond motifs is 2. The van der Waals surface area contributed by atoms with Gasteiger partial charge >= 0.3 is 5.97 Å². The second-order valence-corrected chi connectivity index (χ2v) is 31.6. The number of hydrogen-bond donors (Lipinski definition) is 25. The predicted molar refractivity (Wildman–Crippen MR) is 461 cm³/mol. The number of aliphatic hydroxyl groups is 1. The number of carboxylic acids is 1. The molecule has 0 bridgehead atoms. The lowest BCUT2D eigenvalue weighted by atomic mass is 9.99. The Morgan fingerprint density at radius 2 is 0.888 bits per heavy atom. The second kappa shape index (κ2) is 50.3. The van der Waals surface area contributed by atoms with Crippen molar-refractivity contribution < 1.29 is 97.1 Å². The van der Waals surface area contributed by atoms with E-state index in [1.165, 1.54) is 80.3 Å². The highest BCUT2D eigenvalue weighted by Crippen LogP contribution is 2.23. The third-order valence-electron chi connectivity index (χ3n) is 19.9. The minimum atomic E-state index is -2.16. The van der Waals surface area contributed by atoms with Crippen LogP contribution in [0.25, 0.3) is 21.8 Å². The average molecular weight is 1760 g/mol. The number of aliphatic carboxylic acids is 1. The molecule has 0 unspecified atom stereocenters. The fourth-order valence-electron chi connectivity index (χ4n) is 13.3. The molecule has 678 valence electrons. The molecule has 42 heteroatoms. The summed E-state index contributed by atoms with van der Waals surface area (Å²) in [6, 6.07) is 5.48. The van der Waals surface area contributed by atoms with Crippen molar-refractivity contribution in [2.24, 2.45) is 28.9 Å². The number of guanidine groups is 1. The number of carboxylic acid groups (broad SMARTS) is 1. The summed E-state index contributed by atoms with van der Waals surface area (Å²) in [6.07, 6.45) is 0.486. The number of carbonyl (C=O) groups excluding carboxylic acids is 15. The molecule has 2 heterocycles. The number of nitrogens with one attached hydrogen (secondary N) is 17. The lowest BCUT2D eigenvalue weighted by Crippen LogP contribution is -2.62. The fourth-order valence-corrected chi connectivity index (χ4v) is 13.8. The van der Waals surface area contributed by atoms with Crippen molar-refractivity contribution in [3.05, 3.63) is 132 Å². The monoisotopic (exact) mass is 1760 g/mol. The third-order valence-corrected chi connectivity index (χ3v) is 20.6. The number of para-hydroxylation sites is 2. The summed E-state index contributed by atoms with van der Waals surface area (Å²) in [6.45, 7) is 6.94. The lowest BCUT2D eigenvalue weighted by Gasteiger charge is -2.29. The van der Waals surface area contributed by atoms with E-state index < -0.39 is 212 Å². The minimum absolute atomic E-state index is 0.0329. The number of amides is 15. The van der Waals surface area contributed by atoms with E-state index in [2.05, 4.69) is 84.4 Å². The maximum absolute atomic E-state index is 15.3. The summed E-state index contributed by atoms with van der Waals surface area (Å²) in [5.74, 6) is -17.2. The number of primary amides is 2. The largest absolute Gasteiger partial charge is 0.508 e. The van der Waals surface area contributed by atoms with Crippen LogP contribution in [-0.4, -0.2) is 241 Å². The lowest BCUT2D eigenvalue weighted by molar-refractivity contribution is -0.141.